The largest absolute Gasteiger partial charge is 0.458 e. The molecule has 0 bridgehead atoms. The first-order chi connectivity index (χ1) is 17.4. The van der Waals surface area contributed by atoms with E-state index in [1.807, 2.05) is 19.2 Å². The Hall–Kier alpha value is -3.47. The fourth-order valence-electron chi connectivity index (χ4n) is 5.38. The number of nitrogens with one attached hydrogen (secondary N) is 1. The molecule has 2 aromatic heterocycles. The fraction of sp³-hybridized carbons (Fsp3) is 0.423. The Morgan fingerprint density at radius 3 is 2.69 bits per heavy atom. The normalized spacial score (nSPS) is 19.4. The van der Waals surface area contributed by atoms with Crippen LogP contribution in [-0.4, -0.2) is 59.5 Å². The van der Waals surface area contributed by atoms with Gasteiger partial charge in [-0.25, -0.2) is 9.78 Å². The zero-order valence-electron chi connectivity index (χ0n) is 20.5. The monoisotopic (exact) mass is 492 g/mol. The van der Waals surface area contributed by atoms with Crippen molar-refractivity contribution < 1.29 is 24.1 Å². The maximum Gasteiger partial charge on any atom is 0.343 e. The maximum atomic E-state index is 13.6. The number of nitrogens with zero attached hydrogens (tertiary/aromatic N) is 3. The summed E-state index contributed by atoms with van der Waals surface area (Å²) in [6, 6.07) is 5.58. The minimum absolute atomic E-state index is 0.102. The van der Waals surface area contributed by atoms with Crippen LogP contribution >= 0.6 is 0 Å². The van der Waals surface area contributed by atoms with Crippen LogP contribution in [0.15, 0.2) is 23.0 Å². The van der Waals surface area contributed by atoms with Crippen LogP contribution in [0.4, 0.5) is 0 Å². The third-order valence-electron chi connectivity index (χ3n) is 7.47. The third-order valence-corrected chi connectivity index (χ3v) is 7.47. The lowest BCUT2D eigenvalue weighted by atomic mass is 9.86. The Kier molecular flexibility index (Phi) is 5.29. The molecule has 2 N–H and O–H groups in total. The van der Waals surface area contributed by atoms with Gasteiger partial charge in [-0.1, -0.05) is 6.92 Å². The maximum absolute atomic E-state index is 13.6. The number of ether oxygens (including phenoxy) is 3. The highest BCUT2D eigenvalue weighted by atomic mass is 16.7. The molecule has 0 fully saturated rings. The standard InChI is InChI=1S/C26H28N4O6/c1-4-26(33)18-8-20-23-16(11-30(20)24(31)17(18)12-34-25(26)32)15(10-29(3)6-5-27-2)14-7-21-22(36-13-35-21)9-19(14)28-23/h7-9,27,33H,4-6,10-13H2,1-3H3/t26-/m0/s1. The first kappa shape index (κ1) is 23.0. The molecule has 3 aliphatic rings. The lowest BCUT2D eigenvalue weighted by molar-refractivity contribution is -0.172. The summed E-state index contributed by atoms with van der Waals surface area (Å²) in [5.74, 6) is 0.578. The van der Waals surface area contributed by atoms with Crippen LogP contribution < -0.4 is 20.3 Å². The molecule has 0 saturated carbocycles. The van der Waals surface area contributed by atoms with Gasteiger partial charge in [0.2, 0.25) is 6.79 Å². The molecule has 0 saturated heterocycles. The van der Waals surface area contributed by atoms with Gasteiger partial charge in [-0.3, -0.25) is 4.79 Å². The van der Waals surface area contributed by atoms with Crippen molar-refractivity contribution in [3.05, 3.63) is 50.8 Å². The third kappa shape index (κ3) is 3.25. The number of pyridine rings is 2. The van der Waals surface area contributed by atoms with Crippen molar-refractivity contribution in [2.75, 3.05) is 34.0 Å². The molecule has 36 heavy (non-hydrogen) atoms. The number of rotatable bonds is 6. The Labute approximate surface area is 207 Å². The van der Waals surface area contributed by atoms with Crippen LogP contribution in [0.5, 0.6) is 11.5 Å². The Morgan fingerprint density at radius 2 is 1.94 bits per heavy atom. The second-order valence-electron chi connectivity index (χ2n) is 9.58. The first-order valence-electron chi connectivity index (χ1n) is 12.1. The first-order valence-corrected chi connectivity index (χ1v) is 12.1. The van der Waals surface area contributed by atoms with Crippen molar-refractivity contribution in [2.24, 2.45) is 0 Å². The summed E-state index contributed by atoms with van der Waals surface area (Å²) in [6.45, 7) is 4.38. The van der Waals surface area contributed by atoms with Gasteiger partial charge in [0.15, 0.2) is 17.1 Å². The van der Waals surface area contributed by atoms with Gasteiger partial charge in [-0.05, 0) is 38.2 Å². The number of hydrogen-bond acceptors (Lipinski definition) is 9. The molecule has 10 heteroatoms. The van der Waals surface area contributed by atoms with Crippen LogP contribution in [0.2, 0.25) is 0 Å². The van der Waals surface area contributed by atoms with Crippen LogP contribution in [0, 0.1) is 0 Å². The molecule has 0 unspecified atom stereocenters. The van der Waals surface area contributed by atoms with Gasteiger partial charge < -0.3 is 34.1 Å². The van der Waals surface area contributed by atoms with Gasteiger partial charge in [0.25, 0.3) is 5.56 Å². The van der Waals surface area contributed by atoms with Gasteiger partial charge in [0.05, 0.1) is 29.0 Å². The molecular formula is C26H28N4O6. The molecule has 0 amide bonds. The van der Waals surface area contributed by atoms with E-state index in [0.717, 1.165) is 35.1 Å². The quantitative estimate of drug-likeness (QED) is 0.386. The molecule has 3 aliphatic heterocycles. The molecule has 10 nitrogen and oxygen atoms in total. The molecule has 1 aromatic carbocycles. The summed E-state index contributed by atoms with van der Waals surface area (Å²) in [6.07, 6.45) is 0.102. The van der Waals surface area contributed by atoms with E-state index >= 15 is 0 Å². The molecule has 0 spiro atoms. The van der Waals surface area contributed by atoms with Gasteiger partial charge in [0.1, 0.15) is 6.61 Å². The van der Waals surface area contributed by atoms with Crippen molar-refractivity contribution in [1.29, 1.82) is 0 Å². The number of carbonyl (C=O) groups is 1. The lowest BCUT2D eigenvalue weighted by Gasteiger charge is -2.31. The molecule has 5 heterocycles. The molecular weight excluding hydrogens is 464 g/mol. The number of esters is 1. The lowest BCUT2D eigenvalue weighted by Crippen LogP contribution is -2.44. The van der Waals surface area contributed by atoms with E-state index in [4.69, 9.17) is 19.2 Å². The van der Waals surface area contributed by atoms with Crippen molar-refractivity contribution in [3.8, 4) is 22.9 Å². The zero-order valence-corrected chi connectivity index (χ0v) is 20.5. The molecule has 188 valence electrons. The van der Waals surface area contributed by atoms with Crippen molar-refractivity contribution in [1.82, 2.24) is 19.8 Å². The molecule has 6 rings (SSSR count). The fourth-order valence-corrected chi connectivity index (χ4v) is 5.38. The number of likely N-dealkylation sites (N-methyl/N-ethyl adjacent to an activating group) is 2. The Balaban J connectivity index is 1.58. The Morgan fingerprint density at radius 1 is 1.17 bits per heavy atom. The average Bonchev–Trinajstić information content (AvgIpc) is 3.48. The van der Waals surface area contributed by atoms with E-state index in [2.05, 4.69) is 17.3 Å². The van der Waals surface area contributed by atoms with Crippen molar-refractivity contribution in [3.63, 3.8) is 0 Å². The highest BCUT2D eigenvalue weighted by Gasteiger charge is 2.45. The van der Waals surface area contributed by atoms with Crippen LogP contribution in [0.1, 0.15) is 35.6 Å². The number of aliphatic hydroxyl groups is 1. The summed E-state index contributed by atoms with van der Waals surface area (Å²) < 4.78 is 18.1. The molecule has 0 radical (unpaired) electrons. The second kappa shape index (κ2) is 8.29. The summed E-state index contributed by atoms with van der Waals surface area (Å²) in [7, 11) is 3.98. The van der Waals surface area contributed by atoms with Crippen LogP contribution in [-0.2, 0) is 34.8 Å². The average molecular weight is 493 g/mol. The number of aromatic nitrogens is 2. The van der Waals surface area contributed by atoms with Gasteiger partial charge in [-0.15, -0.1) is 0 Å². The number of carbonyl (C=O) groups excluding carboxylic acids is 1. The van der Waals surface area contributed by atoms with Crippen LogP contribution in [0.3, 0.4) is 0 Å². The van der Waals surface area contributed by atoms with Gasteiger partial charge >= 0.3 is 5.97 Å². The van der Waals surface area contributed by atoms with Crippen molar-refractivity contribution in [2.45, 2.75) is 38.6 Å². The number of benzene rings is 1. The van der Waals surface area contributed by atoms with E-state index in [0.29, 0.717) is 47.1 Å². The van der Waals surface area contributed by atoms with Crippen molar-refractivity contribution >= 4 is 16.9 Å². The molecule has 3 aromatic rings. The summed E-state index contributed by atoms with van der Waals surface area (Å²) in [4.78, 5) is 33.2. The smallest absolute Gasteiger partial charge is 0.343 e. The van der Waals surface area contributed by atoms with Gasteiger partial charge in [0, 0.05) is 42.2 Å². The highest BCUT2D eigenvalue weighted by Crippen LogP contribution is 2.43. The number of cyclic esters (lactones) is 1. The Bertz CT molecular complexity index is 1480. The molecule has 0 aliphatic carbocycles. The van der Waals surface area contributed by atoms with E-state index in [1.54, 1.807) is 17.6 Å². The van der Waals surface area contributed by atoms with Crippen LogP contribution in [0.25, 0.3) is 22.3 Å². The minimum atomic E-state index is -1.86. The summed E-state index contributed by atoms with van der Waals surface area (Å²) >= 11 is 0. The number of hydrogen-bond donors (Lipinski definition) is 2. The topological polar surface area (TPSA) is 115 Å². The minimum Gasteiger partial charge on any atom is -0.458 e. The predicted octanol–water partition coefficient (Wildman–Crippen LogP) is 1.46. The predicted molar refractivity (Wildman–Crippen MR) is 131 cm³/mol. The SMILES string of the molecule is CC[C@@]1(O)C(=O)OCc2c1cc1n(c2=O)Cc2c-1nc1cc3c(cc1c2CN(C)CCNC)OCO3. The summed E-state index contributed by atoms with van der Waals surface area (Å²) in [5.41, 5.74) is 2.51. The molecule has 1 atom stereocenters. The van der Waals surface area contributed by atoms with E-state index in [-0.39, 0.29) is 25.4 Å². The second-order valence-corrected chi connectivity index (χ2v) is 9.58. The number of fused-ring (bicyclic) bond motifs is 6. The zero-order chi connectivity index (χ0) is 25.2. The van der Waals surface area contributed by atoms with E-state index in [9.17, 15) is 14.7 Å². The van der Waals surface area contributed by atoms with E-state index < -0.39 is 11.6 Å². The van der Waals surface area contributed by atoms with Gasteiger partial charge in [-0.2, -0.15) is 0 Å². The highest BCUT2D eigenvalue weighted by molar-refractivity contribution is 5.91. The van der Waals surface area contributed by atoms with E-state index in [1.165, 1.54) is 0 Å². The summed E-state index contributed by atoms with van der Waals surface area (Å²) in [5, 5.41) is 15.3.